The molecule has 0 saturated carbocycles. The van der Waals surface area contributed by atoms with Crippen LogP contribution < -0.4 is 5.32 Å². The first-order valence-electron chi connectivity index (χ1n) is 5.40. The first kappa shape index (κ1) is 11.0. The van der Waals surface area contributed by atoms with E-state index >= 15 is 0 Å². The zero-order valence-corrected chi connectivity index (χ0v) is 9.90. The summed E-state index contributed by atoms with van der Waals surface area (Å²) in [5, 5.41) is 7.66. The van der Waals surface area contributed by atoms with Crippen molar-refractivity contribution in [2.45, 2.75) is 19.4 Å². The highest BCUT2D eigenvalue weighted by molar-refractivity contribution is 5.18. The summed E-state index contributed by atoms with van der Waals surface area (Å²) in [5.41, 5.74) is 2.26. The number of nitrogens with one attached hydrogen (secondary N) is 1. The highest BCUT2D eigenvalue weighted by Gasteiger charge is 2.13. The molecule has 2 aromatic rings. The van der Waals surface area contributed by atoms with Gasteiger partial charge in [-0.15, -0.1) is 0 Å². The molecule has 0 aliphatic rings. The Labute approximate surface area is 95.3 Å². The van der Waals surface area contributed by atoms with Crippen molar-refractivity contribution in [2.75, 3.05) is 7.05 Å². The first-order chi connectivity index (χ1) is 7.69. The Morgan fingerprint density at radius 2 is 2.38 bits per heavy atom. The maximum Gasteiger partial charge on any atom is 0.101 e. The Morgan fingerprint density at radius 3 is 2.88 bits per heavy atom. The number of furan rings is 1. The lowest BCUT2D eigenvalue weighted by atomic mass is 10.1. The molecule has 4 nitrogen and oxygen atoms in total. The van der Waals surface area contributed by atoms with Crippen molar-refractivity contribution < 1.29 is 4.42 Å². The molecule has 16 heavy (non-hydrogen) atoms. The molecule has 0 saturated heterocycles. The van der Waals surface area contributed by atoms with Crippen LogP contribution in [0.2, 0.25) is 0 Å². The minimum atomic E-state index is 0.257. The van der Waals surface area contributed by atoms with Gasteiger partial charge >= 0.3 is 0 Å². The van der Waals surface area contributed by atoms with Gasteiger partial charge in [0, 0.05) is 31.3 Å². The zero-order chi connectivity index (χ0) is 11.5. The van der Waals surface area contributed by atoms with Crippen molar-refractivity contribution in [3.63, 3.8) is 0 Å². The van der Waals surface area contributed by atoms with E-state index in [4.69, 9.17) is 4.42 Å². The van der Waals surface area contributed by atoms with Crippen LogP contribution in [-0.2, 0) is 13.5 Å². The van der Waals surface area contributed by atoms with Gasteiger partial charge in [-0.1, -0.05) is 0 Å². The molecular formula is C12H17N3O. The van der Waals surface area contributed by atoms with Crippen LogP contribution in [-0.4, -0.2) is 16.8 Å². The lowest BCUT2D eigenvalue weighted by molar-refractivity contribution is 0.518. The highest BCUT2D eigenvalue weighted by atomic mass is 16.3. The summed E-state index contributed by atoms with van der Waals surface area (Å²) in [6.45, 7) is 1.96. The zero-order valence-electron chi connectivity index (χ0n) is 9.90. The molecule has 0 aliphatic heterocycles. The fourth-order valence-corrected chi connectivity index (χ4v) is 1.81. The lowest BCUT2D eigenvalue weighted by Gasteiger charge is -2.12. The van der Waals surface area contributed by atoms with E-state index in [1.807, 2.05) is 38.0 Å². The second kappa shape index (κ2) is 4.53. The Kier molecular flexibility index (Phi) is 3.10. The maximum absolute atomic E-state index is 5.32. The fourth-order valence-electron chi connectivity index (χ4n) is 1.81. The summed E-state index contributed by atoms with van der Waals surface area (Å²) in [4.78, 5) is 0. The second-order valence-electron chi connectivity index (χ2n) is 4.02. The molecule has 0 amide bonds. The molecule has 1 unspecified atom stereocenters. The molecule has 2 aromatic heterocycles. The molecule has 4 heteroatoms. The quantitative estimate of drug-likeness (QED) is 0.853. The van der Waals surface area contributed by atoms with Crippen LogP contribution in [0.4, 0.5) is 0 Å². The first-order valence-corrected chi connectivity index (χ1v) is 5.40. The molecule has 0 aliphatic carbocycles. The van der Waals surface area contributed by atoms with Gasteiger partial charge in [0.2, 0.25) is 0 Å². The fraction of sp³-hybridized carbons (Fsp3) is 0.417. The number of rotatable bonds is 4. The van der Waals surface area contributed by atoms with Crippen molar-refractivity contribution >= 4 is 0 Å². The number of aromatic nitrogens is 2. The molecule has 0 radical (unpaired) electrons. The van der Waals surface area contributed by atoms with E-state index in [-0.39, 0.29) is 6.04 Å². The summed E-state index contributed by atoms with van der Waals surface area (Å²) in [7, 11) is 3.88. The van der Waals surface area contributed by atoms with Crippen LogP contribution in [0.5, 0.6) is 0 Å². The van der Waals surface area contributed by atoms with Crippen LogP contribution >= 0.6 is 0 Å². The molecule has 2 rings (SSSR count). The predicted octanol–water partition coefficient (Wildman–Crippen LogP) is 1.82. The summed E-state index contributed by atoms with van der Waals surface area (Å²) < 4.78 is 7.15. The number of nitrogens with zero attached hydrogens (tertiary/aromatic N) is 2. The molecular weight excluding hydrogens is 202 g/mol. The van der Waals surface area contributed by atoms with E-state index in [1.165, 1.54) is 5.56 Å². The Bertz CT molecular complexity index is 458. The van der Waals surface area contributed by atoms with Gasteiger partial charge in [0.15, 0.2) is 0 Å². The van der Waals surface area contributed by atoms with E-state index in [2.05, 4.69) is 16.5 Å². The van der Waals surface area contributed by atoms with Crippen LogP contribution in [0.3, 0.4) is 0 Å². The highest BCUT2D eigenvalue weighted by Crippen LogP contribution is 2.19. The third-order valence-corrected chi connectivity index (χ3v) is 2.68. The third-order valence-electron chi connectivity index (χ3n) is 2.68. The van der Waals surface area contributed by atoms with Crippen LogP contribution in [0, 0.1) is 6.92 Å². The Balaban J connectivity index is 2.12. The monoisotopic (exact) mass is 219 g/mol. The molecule has 0 aromatic carbocycles. The second-order valence-corrected chi connectivity index (χ2v) is 4.02. The van der Waals surface area contributed by atoms with Crippen molar-refractivity contribution in [3.8, 4) is 0 Å². The Morgan fingerprint density at radius 1 is 1.56 bits per heavy atom. The standard InChI is InChI=1S/C12H17N3O/c1-9-6-10(8-16-9)12(13-2)7-11-4-5-15(3)14-11/h4-6,8,12-13H,7H2,1-3H3. The molecule has 0 fully saturated rings. The SMILES string of the molecule is CNC(Cc1ccn(C)n1)c1coc(C)c1. The van der Waals surface area contributed by atoms with Crippen molar-refractivity contribution in [2.24, 2.45) is 7.05 Å². The van der Waals surface area contributed by atoms with E-state index in [0.717, 1.165) is 17.9 Å². The van der Waals surface area contributed by atoms with E-state index in [0.29, 0.717) is 0 Å². The van der Waals surface area contributed by atoms with Gasteiger partial charge in [-0.2, -0.15) is 5.10 Å². The van der Waals surface area contributed by atoms with Gasteiger partial charge in [0.05, 0.1) is 12.0 Å². The van der Waals surface area contributed by atoms with Gasteiger partial charge < -0.3 is 9.73 Å². The summed E-state index contributed by atoms with van der Waals surface area (Å²) >= 11 is 0. The third kappa shape index (κ3) is 2.33. The topological polar surface area (TPSA) is 43.0 Å². The van der Waals surface area contributed by atoms with E-state index in [9.17, 15) is 0 Å². The predicted molar refractivity (Wildman–Crippen MR) is 62.2 cm³/mol. The summed E-state index contributed by atoms with van der Waals surface area (Å²) in [5.74, 6) is 0.941. The van der Waals surface area contributed by atoms with Crippen molar-refractivity contribution in [1.82, 2.24) is 15.1 Å². The summed E-state index contributed by atoms with van der Waals surface area (Å²) in [6.07, 6.45) is 4.64. The van der Waals surface area contributed by atoms with Gasteiger partial charge in [-0.05, 0) is 26.1 Å². The molecule has 0 spiro atoms. The van der Waals surface area contributed by atoms with E-state index in [1.54, 1.807) is 6.26 Å². The van der Waals surface area contributed by atoms with Gasteiger partial charge in [-0.3, -0.25) is 4.68 Å². The molecule has 0 bridgehead atoms. The minimum Gasteiger partial charge on any atom is -0.469 e. The average Bonchev–Trinajstić information content (AvgIpc) is 2.84. The van der Waals surface area contributed by atoms with Crippen LogP contribution in [0.15, 0.2) is 29.0 Å². The van der Waals surface area contributed by atoms with Crippen molar-refractivity contribution in [3.05, 3.63) is 41.6 Å². The van der Waals surface area contributed by atoms with Crippen LogP contribution in [0.1, 0.15) is 23.1 Å². The molecule has 1 atom stereocenters. The number of hydrogen-bond acceptors (Lipinski definition) is 3. The smallest absolute Gasteiger partial charge is 0.101 e. The van der Waals surface area contributed by atoms with Gasteiger partial charge in [0.1, 0.15) is 5.76 Å². The van der Waals surface area contributed by atoms with Gasteiger partial charge in [-0.25, -0.2) is 0 Å². The Hall–Kier alpha value is -1.55. The minimum absolute atomic E-state index is 0.257. The van der Waals surface area contributed by atoms with Crippen molar-refractivity contribution in [1.29, 1.82) is 0 Å². The maximum atomic E-state index is 5.32. The number of aryl methyl sites for hydroxylation is 2. The molecule has 86 valence electrons. The average molecular weight is 219 g/mol. The lowest BCUT2D eigenvalue weighted by Crippen LogP contribution is -2.18. The van der Waals surface area contributed by atoms with Crippen LogP contribution in [0.25, 0.3) is 0 Å². The molecule has 1 N–H and O–H groups in total. The van der Waals surface area contributed by atoms with Gasteiger partial charge in [0.25, 0.3) is 0 Å². The van der Waals surface area contributed by atoms with E-state index < -0.39 is 0 Å². The largest absolute Gasteiger partial charge is 0.469 e. The number of likely N-dealkylation sites (N-methyl/N-ethyl adjacent to an activating group) is 1. The molecule has 2 heterocycles. The number of hydrogen-bond donors (Lipinski definition) is 1. The normalized spacial score (nSPS) is 12.9. The summed E-state index contributed by atoms with van der Waals surface area (Å²) in [6, 6.07) is 4.36.